The summed E-state index contributed by atoms with van der Waals surface area (Å²) in [6, 6.07) is 0. The van der Waals surface area contributed by atoms with Crippen molar-refractivity contribution in [3.8, 4) is 0 Å². The van der Waals surface area contributed by atoms with Gasteiger partial charge in [-0.05, 0) is 13.3 Å². The lowest BCUT2D eigenvalue weighted by molar-refractivity contribution is 0.180. The van der Waals surface area contributed by atoms with Crippen LogP contribution >= 0.6 is 11.6 Å². The lowest BCUT2D eigenvalue weighted by Crippen LogP contribution is -2.21. The van der Waals surface area contributed by atoms with Crippen LogP contribution in [0.2, 0.25) is 0 Å². The molecule has 0 bridgehead atoms. The number of hydrogen-bond donors (Lipinski definition) is 2. The largest absolute Gasteiger partial charge is 0.354 e. The van der Waals surface area contributed by atoms with Gasteiger partial charge < -0.3 is 10.6 Å². The van der Waals surface area contributed by atoms with Gasteiger partial charge in [0.2, 0.25) is 11.9 Å². The number of halogens is 1. The SMILES string of the molecule is CCCNc1nc(NCC(C)Cl)nc(N(C)OC)n1. The van der Waals surface area contributed by atoms with Crippen molar-refractivity contribution in [2.45, 2.75) is 25.6 Å². The van der Waals surface area contributed by atoms with Crippen LogP contribution < -0.4 is 15.7 Å². The highest BCUT2D eigenvalue weighted by molar-refractivity contribution is 6.20. The van der Waals surface area contributed by atoms with Gasteiger partial charge >= 0.3 is 0 Å². The minimum atomic E-state index is -0.00702. The van der Waals surface area contributed by atoms with E-state index in [1.54, 1.807) is 14.2 Å². The van der Waals surface area contributed by atoms with E-state index in [0.29, 0.717) is 24.4 Å². The normalized spacial score (nSPS) is 12.1. The van der Waals surface area contributed by atoms with Crippen LogP contribution in [0.4, 0.5) is 17.8 Å². The van der Waals surface area contributed by atoms with Gasteiger partial charge in [-0.15, -0.1) is 11.6 Å². The van der Waals surface area contributed by atoms with Crippen LogP contribution in [0, 0.1) is 0 Å². The zero-order chi connectivity index (χ0) is 14.3. The van der Waals surface area contributed by atoms with Gasteiger partial charge in [-0.2, -0.15) is 15.0 Å². The van der Waals surface area contributed by atoms with Crippen LogP contribution in [0.15, 0.2) is 0 Å². The Bertz CT molecular complexity index is 389. The highest BCUT2D eigenvalue weighted by Crippen LogP contribution is 2.12. The van der Waals surface area contributed by atoms with E-state index in [1.165, 1.54) is 5.06 Å². The van der Waals surface area contributed by atoms with Gasteiger partial charge in [-0.1, -0.05) is 6.92 Å². The Balaban J connectivity index is 2.88. The van der Waals surface area contributed by atoms with E-state index in [4.69, 9.17) is 16.4 Å². The highest BCUT2D eigenvalue weighted by Gasteiger charge is 2.10. The maximum atomic E-state index is 5.90. The summed E-state index contributed by atoms with van der Waals surface area (Å²) in [7, 11) is 3.28. The molecule has 1 atom stereocenters. The molecule has 1 heterocycles. The summed E-state index contributed by atoms with van der Waals surface area (Å²) in [4.78, 5) is 17.9. The molecule has 0 aliphatic rings. The molecule has 0 aliphatic heterocycles. The number of anilines is 3. The van der Waals surface area contributed by atoms with Crippen molar-refractivity contribution < 1.29 is 4.84 Å². The maximum absolute atomic E-state index is 5.90. The second-order valence-corrected chi connectivity index (χ2v) is 4.80. The summed E-state index contributed by atoms with van der Waals surface area (Å²) >= 11 is 5.90. The van der Waals surface area contributed by atoms with Crippen molar-refractivity contribution in [1.29, 1.82) is 0 Å². The zero-order valence-electron chi connectivity index (χ0n) is 11.8. The van der Waals surface area contributed by atoms with E-state index in [0.717, 1.165) is 13.0 Å². The molecule has 8 heteroatoms. The second kappa shape index (κ2) is 7.96. The number of nitrogens with one attached hydrogen (secondary N) is 2. The predicted octanol–water partition coefficient (Wildman–Crippen LogP) is 1.73. The molecule has 1 rings (SSSR count). The summed E-state index contributed by atoms with van der Waals surface area (Å²) in [5, 5.41) is 7.65. The molecular formula is C11H21ClN6O. The van der Waals surface area contributed by atoms with Crippen LogP contribution in [0.1, 0.15) is 20.3 Å². The third-order valence-electron chi connectivity index (χ3n) is 2.25. The number of hydroxylamine groups is 1. The quantitative estimate of drug-likeness (QED) is 0.557. The maximum Gasteiger partial charge on any atom is 0.256 e. The Labute approximate surface area is 118 Å². The van der Waals surface area contributed by atoms with Gasteiger partial charge in [0.05, 0.1) is 7.11 Å². The molecule has 0 aromatic carbocycles. The van der Waals surface area contributed by atoms with Crippen molar-refractivity contribution in [2.75, 3.05) is 42.9 Å². The average molecular weight is 289 g/mol. The Kier molecular flexibility index (Phi) is 6.58. The van der Waals surface area contributed by atoms with E-state index in [2.05, 4.69) is 32.5 Å². The topological polar surface area (TPSA) is 75.2 Å². The van der Waals surface area contributed by atoms with Crippen molar-refractivity contribution in [2.24, 2.45) is 0 Å². The third kappa shape index (κ3) is 5.44. The van der Waals surface area contributed by atoms with Crippen LogP contribution in [0.25, 0.3) is 0 Å². The third-order valence-corrected chi connectivity index (χ3v) is 2.41. The molecule has 108 valence electrons. The standard InChI is InChI=1S/C11H21ClN6O/c1-5-6-13-9-15-10(14-7-8(2)12)17-11(16-9)18(3)19-4/h8H,5-7H2,1-4H3,(H2,13,14,15,16,17). The molecule has 2 N–H and O–H groups in total. The fraction of sp³-hybridized carbons (Fsp3) is 0.727. The molecule has 1 aromatic rings. The van der Waals surface area contributed by atoms with E-state index in [-0.39, 0.29) is 5.38 Å². The van der Waals surface area contributed by atoms with E-state index in [9.17, 15) is 0 Å². The average Bonchev–Trinajstić information content (AvgIpc) is 2.41. The fourth-order valence-corrected chi connectivity index (χ4v) is 1.29. The number of hydrogen-bond acceptors (Lipinski definition) is 7. The molecule has 0 aliphatic carbocycles. The Morgan fingerprint density at radius 2 is 1.89 bits per heavy atom. The summed E-state index contributed by atoms with van der Waals surface area (Å²) in [5.74, 6) is 1.42. The van der Waals surface area contributed by atoms with Gasteiger partial charge in [0, 0.05) is 25.5 Å². The smallest absolute Gasteiger partial charge is 0.256 e. The molecule has 19 heavy (non-hydrogen) atoms. The molecular weight excluding hydrogens is 268 g/mol. The van der Waals surface area contributed by atoms with Gasteiger partial charge in [-0.25, -0.2) is 5.06 Å². The van der Waals surface area contributed by atoms with Crippen LogP contribution in [-0.4, -0.2) is 47.6 Å². The monoisotopic (exact) mass is 288 g/mol. The lowest BCUT2D eigenvalue weighted by Gasteiger charge is -2.16. The number of aromatic nitrogens is 3. The summed E-state index contributed by atoms with van der Waals surface area (Å²) in [6.07, 6.45) is 0.989. The van der Waals surface area contributed by atoms with Gasteiger partial charge in [0.1, 0.15) is 0 Å². The molecule has 0 saturated heterocycles. The first-order valence-corrected chi connectivity index (χ1v) is 6.66. The van der Waals surface area contributed by atoms with Crippen molar-refractivity contribution in [3.05, 3.63) is 0 Å². The van der Waals surface area contributed by atoms with E-state index < -0.39 is 0 Å². The molecule has 0 radical (unpaired) electrons. The van der Waals surface area contributed by atoms with Gasteiger partial charge in [0.15, 0.2) is 0 Å². The van der Waals surface area contributed by atoms with Crippen molar-refractivity contribution >= 4 is 29.4 Å². The second-order valence-electron chi connectivity index (χ2n) is 4.05. The molecule has 7 nitrogen and oxygen atoms in total. The van der Waals surface area contributed by atoms with Crippen molar-refractivity contribution in [3.63, 3.8) is 0 Å². The van der Waals surface area contributed by atoms with Crippen LogP contribution in [0.3, 0.4) is 0 Å². The molecule has 1 unspecified atom stereocenters. The molecule has 0 amide bonds. The molecule has 0 fully saturated rings. The highest BCUT2D eigenvalue weighted by atomic mass is 35.5. The van der Waals surface area contributed by atoms with E-state index in [1.807, 2.05) is 6.92 Å². The van der Waals surface area contributed by atoms with Crippen molar-refractivity contribution in [1.82, 2.24) is 15.0 Å². The van der Waals surface area contributed by atoms with Crippen LogP contribution in [0.5, 0.6) is 0 Å². The Morgan fingerprint density at radius 1 is 1.26 bits per heavy atom. The number of nitrogens with zero attached hydrogens (tertiary/aromatic N) is 4. The summed E-state index contributed by atoms with van der Waals surface area (Å²) in [6.45, 7) is 5.35. The number of rotatable bonds is 8. The summed E-state index contributed by atoms with van der Waals surface area (Å²) in [5.41, 5.74) is 0. The zero-order valence-corrected chi connectivity index (χ0v) is 12.5. The molecule has 1 aromatic heterocycles. The van der Waals surface area contributed by atoms with Gasteiger partial charge in [-0.3, -0.25) is 4.84 Å². The van der Waals surface area contributed by atoms with Gasteiger partial charge in [0.25, 0.3) is 5.95 Å². The Hall–Kier alpha value is -1.34. The minimum Gasteiger partial charge on any atom is -0.354 e. The Morgan fingerprint density at radius 3 is 2.42 bits per heavy atom. The summed E-state index contributed by atoms with van der Waals surface area (Å²) < 4.78 is 0. The van der Waals surface area contributed by atoms with E-state index >= 15 is 0 Å². The first-order chi connectivity index (χ1) is 9.06. The molecule has 0 spiro atoms. The number of alkyl halides is 1. The first kappa shape index (κ1) is 15.7. The minimum absolute atomic E-state index is 0.00702. The first-order valence-electron chi connectivity index (χ1n) is 6.22. The lowest BCUT2D eigenvalue weighted by atomic mass is 10.5. The fourth-order valence-electron chi connectivity index (χ4n) is 1.21. The van der Waals surface area contributed by atoms with Crippen LogP contribution in [-0.2, 0) is 4.84 Å². The predicted molar refractivity (Wildman–Crippen MR) is 77.8 cm³/mol. The molecule has 0 saturated carbocycles.